The van der Waals surface area contributed by atoms with E-state index in [0.29, 0.717) is 30.9 Å². The molecule has 2 amide bonds. The number of hydrogen-bond acceptors (Lipinski definition) is 5. The van der Waals surface area contributed by atoms with Crippen LogP contribution in [0.4, 0.5) is 10.5 Å². The van der Waals surface area contributed by atoms with Crippen LogP contribution in [0.2, 0.25) is 0 Å². The summed E-state index contributed by atoms with van der Waals surface area (Å²) in [6, 6.07) is 22.6. The lowest BCUT2D eigenvalue weighted by atomic mass is 10.1. The highest BCUT2D eigenvalue weighted by Crippen LogP contribution is 2.29. The first-order chi connectivity index (χ1) is 16.5. The van der Waals surface area contributed by atoms with Gasteiger partial charge in [0.25, 0.3) is 5.91 Å². The van der Waals surface area contributed by atoms with E-state index in [9.17, 15) is 9.59 Å². The number of ether oxygens (including phenoxy) is 3. The largest absolute Gasteiger partial charge is 0.496 e. The van der Waals surface area contributed by atoms with Crippen LogP contribution in [0.25, 0.3) is 0 Å². The van der Waals surface area contributed by atoms with Crippen LogP contribution in [0, 0.1) is 0 Å². The van der Waals surface area contributed by atoms with Gasteiger partial charge in [0.15, 0.2) is 6.10 Å². The molecule has 4 rings (SSSR count). The number of fused-ring (bicyclic) bond motifs is 1. The molecular weight excluding hydrogens is 432 g/mol. The van der Waals surface area contributed by atoms with E-state index >= 15 is 0 Å². The van der Waals surface area contributed by atoms with Crippen molar-refractivity contribution < 1.29 is 23.8 Å². The predicted molar refractivity (Wildman–Crippen MR) is 129 cm³/mol. The molecule has 0 radical (unpaired) electrons. The Morgan fingerprint density at radius 2 is 1.85 bits per heavy atom. The summed E-state index contributed by atoms with van der Waals surface area (Å²) in [6.07, 6.45) is -0.494. The number of carbonyl (C=O) groups is 2. The number of methoxy groups -OCH3 is 1. The Bertz CT molecular complexity index is 1150. The second kappa shape index (κ2) is 10.7. The summed E-state index contributed by atoms with van der Waals surface area (Å²) in [5, 5.41) is 2.76. The van der Waals surface area contributed by atoms with E-state index in [1.165, 1.54) is 0 Å². The van der Waals surface area contributed by atoms with Crippen LogP contribution in [0.5, 0.6) is 11.5 Å². The SMILES string of the molecule is COc1ccccc1CCN1Cc2cc(NC(=O)OCc3ccccc3)ccc2O[C@H](C)C1=O. The van der Waals surface area contributed by atoms with E-state index in [1.807, 2.05) is 60.7 Å². The third-order valence-corrected chi connectivity index (χ3v) is 5.69. The molecule has 1 atom stereocenters. The van der Waals surface area contributed by atoms with Gasteiger partial charge in [0, 0.05) is 24.3 Å². The monoisotopic (exact) mass is 460 g/mol. The van der Waals surface area contributed by atoms with Crippen molar-refractivity contribution in [2.45, 2.75) is 32.6 Å². The molecule has 7 nitrogen and oxygen atoms in total. The number of nitrogens with one attached hydrogen (secondary N) is 1. The quantitative estimate of drug-likeness (QED) is 0.548. The number of benzene rings is 3. The number of anilines is 1. The Kier molecular flexibility index (Phi) is 7.32. The molecule has 7 heteroatoms. The van der Waals surface area contributed by atoms with Crippen LogP contribution in [0.15, 0.2) is 72.8 Å². The van der Waals surface area contributed by atoms with Gasteiger partial charge in [0.1, 0.15) is 18.1 Å². The minimum Gasteiger partial charge on any atom is -0.496 e. The average molecular weight is 461 g/mol. The van der Waals surface area contributed by atoms with Crippen molar-refractivity contribution in [3.05, 3.63) is 89.5 Å². The van der Waals surface area contributed by atoms with E-state index in [-0.39, 0.29) is 12.5 Å². The Morgan fingerprint density at radius 3 is 2.65 bits per heavy atom. The highest BCUT2D eigenvalue weighted by Gasteiger charge is 2.28. The first kappa shape index (κ1) is 23.2. The maximum atomic E-state index is 13.0. The molecule has 0 saturated carbocycles. The Hall–Kier alpha value is -4.00. The second-order valence-electron chi connectivity index (χ2n) is 8.09. The van der Waals surface area contributed by atoms with Gasteiger partial charge in [0.2, 0.25) is 0 Å². The fraction of sp³-hybridized carbons (Fsp3) is 0.259. The summed E-state index contributed by atoms with van der Waals surface area (Å²) >= 11 is 0. The van der Waals surface area contributed by atoms with E-state index in [1.54, 1.807) is 31.1 Å². The van der Waals surface area contributed by atoms with Gasteiger partial charge in [0.05, 0.1) is 7.11 Å². The maximum absolute atomic E-state index is 13.0. The van der Waals surface area contributed by atoms with E-state index in [0.717, 1.165) is 22.4 Å². The van der Waals surface area contributed by atoms with Crippen molar-refractivity contribution in [1.82, 2.24) is 4.90 Å². The van der Waals surface area contributed by atoms with E-state index in [4.69, 9.17) is 14.2 Å². The Labute approximate surface area is 199 Å². The number of nitrogens with zero attached hydrogens (tertiary/aromatic N) is 1. The molecular formula is C27H28N2O5. The van der Waals surface area contributed by atoms with Gasteiger partial charge in [-0.3, -0.25) is 10.1 Å². The molecule has 0 unspecified atom stereocenters. The normalized spacial score (nSPS) is 15.1. The van der Waals surface area contributed by atoms with Crippen LogP contribution in [-0.2, 0) is 29.1 Å². The number of para-hydroxylation sites is 1. The van der Waals surface area contributed by atoms with Crippen molar-refractivity contribution in [1.29, 1.82) is 0 Å². The minimum atomic E-state index is -0.603. The number of amides is 2. The minimum absolute atomic E-state index is 0.0807. The lowest BCUT2D eigenvalue weighted by molar-refractivity contribution is -0.137. The first-order valence-corrected chi connectivity index (χ1v) is 11.2. The van der Waals surface area contributed by atoms with Crippen LogP contribution in [0.3, 0.4) is 0 Å². The lowest BCUT2D eigenvalue weighted by Gasteiger charge is -2.22. The van der Waals surface area contributed by atoms with Crippen molar-refractivity contribution >= 4 is 17.7 Å². The maximum Gasteiger partial charge on any atom is 0.411 e. The zero-order valence-electron chi connectivity index (χ0n) is 19.3. The molecule has 0 saturated heterocycles. The molecule has 1 aliphatic heterocycles. The fourth-order valence-electron chi connectivity index (χ4n) is 3.91. The fourth-order valence-corrected chi connectivity index (χ4v) is 3.91. The third kappa shape index (κ3) is 5.67. The summed E-state index contributed by atoms with van der Waals surface area (Å²) < 4.78 is 16.6. The summed E-state index contributed by atoms with van der Waals surface area (Å²) in [4.78, 5) is 27.0. The molecule has 0 spiro atoms. The van der Waals surface area contributed by atoms with Gasteiger partial charge in [-0.25, -0.2) is 4.79 Å². The average Bonchev–Trinajstić information content (AvgIpc) is 2.98. The zero-order valence-corrected chi connectivity index (χ0v) is 19.3. The summed E-state index contributed by atoms with van der Waals surface area (Å²) in [7, 11) is 1.64. The predicted octanol–water partition coefficient (Wildman–Crippen LogP) is 4.80. The summed E-state index contributed by atoms with van der Waals surface area (Å²) in [5.74, 6) is 1.35. The van der Waals surface area contributed by atoms with Crippen molar-refractivity contribution in [3.8, 4) is 11.5 Å². The Morgan fingerprint density at radius 1 is 1.09 bits per heavy atom. The molecule has 0 bridgehead atoms. The number of carbonyl (C=O) groups excluding carboxylic acids is 2. The van der Waals surface area contributed by atoms with Crippen molar-refractivity contribution in [2.24, 2.45) is 0 Å². The first-order valence-electron chi connectivity index (χ1n) is 11.2. The van der Waals surface area contributed by atoms with Crippen molar-refractivity contribution in [2.75, 3.05) is 19.0 Å². The van der Waals surface area contributed by atoms with Gasteiger partial charge in [-0.05, 0) is 48.7 Å². The third-order valence-electron chi connectivity index (χ3n) is 5.69. The molecule has 34 heavy (non-hydrogen) atoms. The zero-order chi connectivity index (χ0) is 23.9. The molecule has 1 heterocycles. The van der Waals surface area contributed by atoms with Gasteiger partial charge >= 0.3 is 6.09 Å². The lowest BCUT2D eigenvalue weighted by Crippen LogP contribution is -2.39. The molecule has 1 aliphatic rings. The molecule has 1 N–H and O–H groups in total. The highest BCUT2D eigenvalue weighted by atomic mass is 16.5. The van der Waals surface area contributed by atoms with Gasteiger partial charge < -0.3 is 19.1 Å². The van der Waals surface area contributed by atoms with Gasteiger partial charge in [-0.1, -0.05) is 48.5 Å². The van der Waals surface area contributed by atoms with Crippen LogP contribution < -0.4 is 14.8 Å². The summed E-state index contributed by atoms with van der Waals surface area (Å²) in [5.41, 5.74) is 3.34. The Balaban J connectivity index is 1.43. The number of hydrogen-bond donors (Lipinski definition) is 1. The molecule has 0 aromatic heterocycles. The van der Waals surface area contributed by atoms with E-state index in [2.05, 4.69) is 5.32 Å². The molecule has 176 valence electrons. The van der Waals surface area contributed by atoms with Gasteiger partial charge in [-0.2, -0.15) is 0 Å². The second-order valence-corrected chi connectivity index (χ2v) is 8.09. The number of rotatable bonds is 7. The molecule has 0 aliphatic carbocycles. The van der Waals surface area contributed by atoms with Crippen LogP contribution >= 0.6 is 0 Å². The molecule has 0 fully saturated rings. The topological polar surface area (TPSA) is 77.1 Å². The van der Waals surface area contributed by atoms with E-state index < -0.39 is 12.2 Å². The summed E-state index contributed by atoms with van der Waals surface area (Å²) in [6.45, 7) is 2.83. The molecule has 3 aromatic rings. The van der Waals surface area contributed by atoms with Crippen LogP contribution in [0.1, 0.15) is 23.6 Å². The standard InChI is InChI=1S/C27H28N2O5/c1-19-26(30)29(15-14-21-10-6-7-11-24(21)32-2)17-22-16-23(12-13-25(22)34-19)28-27(31)33-18-20-8-4-3-5-9-20/h3-13,16,19H,14-15,17-18H2,1-2H3,(H,28,31)/t19-/m1/s1. The van der Waals surface area contributed by atoms with Crippen molar-refractivity contribution in [3.63, 3.8) is 0 Å². The highest BCUT2D eigenvalue weighted by molar-refractivity contribution is 5.85. The smallest absolute Gasteiger partial charge is 0.411 e. The molecule has 3 aromatic carbocycles. The van der Waals surface area contributed by atoms with Gasteiger partial charge in [-0.15, -0.1) is 0 Å². The van der Waals surface area contributed by atoms with Crippen LogP contribution in [-0.4, -0.2) is 36.7 Å².